The van der Waals surface area contributed by atoms with E-state index in [-0.39, 0.29) is 11.9 Å². The Kier molecular flexibility index (Phi) is 6.04. The van der Waals surface area contributed by atoms with Crippen LogP contribution in [-0.4, -0.2) is 45.1 Å². The SMILES string of the molecule is Cc1noc(CSc2ccccc2C(=O)NC2CCN(c3ncccn3)CC2)n1. The average Bonchev–Trinajstić information content (AvgIpc) is 3.19. The molecule has 2 aromatic heterocycles. The first kappa shape index (κ1) is 19.4. The van der Waals surface area contributed by atoms with Gasteiger partial charge < -0.3 is 14.7 Å². The molecular weight excluding hydrogens is 388 g/mol. The molecule has 0 atom stereocenters. The number of hydrogen-bond acceptors (Lipinski definition) is 8. The van der Waals surface area contributed by atoms with E-state index in [9.17, 15) is 4.79 Å². The van der Waals surface area contributed by atoms with Crippen molar-refractivity contribution in [1.29, 1.82) is 0 Å². The van der Waals surface area contributed by atoms with Crippen molar-refractivity contribution in [3.05, 3.63) is 60.0 Å². The summed E-state index contributed by atoms with van der Waals surface area (Å²) in [7, 11) is 0. The molecule has 0 spiro atoms. The normalized spacial score (nSPS) is 14.7. The number of carbonyl (C=O) groups excluding carboxylic acids is 1. The molecule has 3 heterocycles. The van der Waals surface area contributed by atoms with Crippen LogP contribution in [0.1, 0.15) is 34.9 Å². The zero-order chi connectivity index (χ0) is 20.1. The van der Waals surface area contributed by atoms with Crippen LogP contribution in [0.5, 0.6) is 0 Å². The minimum atomic E-state index is -0.0516. The Labute approximate surface area is 173 Å². The van der Waals surface area contributed by atoms with Crippen molar-refractivity contribution in [3.63, 3.8) is 0 Å². The molecule has 0 saturated carbocycles. The third kappa shape index (κ3) is 4.92. The quantitative estimate of drug-likeness (QED) is 0.620. The summed E-state index contributed by atoms with van der Waals surface area (Å²) in [4.78, 5) is 28.8. The van der Waals surface area contributed by atoms with Crippen LogP contribution in [0.15, 0.2) is 52.1 Å². The number of rotatable bonds is 6. The van der Waals surface area contributed by atoms with Gasteiger partial charge in [-0.3, -0.25) is 4.79 Å². The first-order valence-corrected chi connectivity index (χ1v) is 10.5. The standard InChI is InChI=1S/C20H22N6O2S/c1-14-23-18(28-25-14)13-29-17-6-3-2-5-16(17)19(27)24-15-7-11-26(12-8-15)20-21-9-4-10-22-20/h2-6,9-10,15H,7-8,11-13H2,1H3,(H,24,27). The van der Waals surface area contributed by atoms with Crippen molar-refractivity contribution in [2.24, 2.45) is 0 Å². The van der Waals surface area contributed by atoms with E-state index in [1.165, 1.54) is 11.8 Å². The molecule has 29 heavy (non-hydrogen) atoms. The maximum Gasteiger partial charge on any atom is 0.252 e. The zero-order valence-corrected chi connectivity index (χ0v) is 16.9. The number of anilines is 1. The second kappa shape index (κ2) is 9.04. The third-order valence-electron chi connectivity index (χ3n) is 4.72. The highest BCUT2D eigenvalue weighted by Crippen LogP contribution is 2.26. The number of nitrogens with zero attached hydrogens (tertiary/aromatic N) is 5. The maximum atomic E-state index is 12.9. The fraction of sp³-hybridized carbons (Fsp3) is 0.350. The van der Waals surface area contributed by atoms with Crippen molar-refractivity contribution < 1.29 is 9.32 Å². The first-order chi connectivity index (χ1) is 14.2. The molecule has 1 fully saturated rings. The smallest absolute Gasteiger partial charge is 0.252 e. The Morgan fingerprint density at radius 2 is 1.97 bits per heavy atom. The molecule has 0 aliphatic carbocycles. The van der Waals surface area contributed by atoms with Crippen LogP contribution < -0.4 is 10.2 Å². The summed E-state index contributed by atoms with van der Waals surface area (Å²) >= 11 is 1.52. The number of hydrogen-bond donors (Lipinski definition) is 1. The van der Waals surface area contributed by atoms with Crippen LogP contribution >= 0.6 is 11.8 Å². The molecule has 1 amide bonds. The summed E-state index contributed by atoms with van der Waals surface area (Å²) in [6.45, 7) is 3.43. The van der Waals surface area contributed by atoms with E-state index in [1.54, 1.807) is 19.3 Å². The lowest BCUT2D eigenvalue weighted by Gasteiger charge is -2.32. The lowest BCUT2D eigenvalue weighted by Crippen LogP contribution is -2.45. The van der Waals surface area contributed by atoms with Crippen molar-refractivity contribution >= 4 is 23.6 Å². The average molecular weight is 411 g/mol. The monoisotopic (exact) mass is 410 g/mol. The molecule has 3 aromatic rings. The molecule has 8 nitrogen and oxygen atoms in total. The molecule has 9 heteroatoms. The largest absolute Gasteiger partial charge is 0.349 e. The molecular formula is C20H22N6O2S. The molecule has 1 N–H and O–H groups in total. The summed E-state index contributed by atoms with van der Waals surface area (Å²) in [6, 6.07) is 9.55. The van der Waals surface area contributed by atoms with E-state index in [4.69, 9.17) is 4.52 Å². The van der Waals surface area contributed by atoms with Gasteiger partial charge in [0.2, 0.25) is 11.8 Å². The maximum absolute atomic E-state index is 12.9. The van der Waals surface area contributed by atoms with Gasteiger partial charge in [0, 0.05) is 36.4 Å². The minimum absolute atomic E-state index is 0.0516. The van der Waals surface area contributed by atoms with Gasteiger partial charge >= 0.3 is 0 Å². The molecule has 150 valence electrons. The molecule has 4 rings (SSSR count). The number of nitrogens with one attached hydrogen (secondary N) is 1. The topological polar surface area (TPSA) is 97.0 Å². The number of aryl methyl sites for hydroxylation is 1. The van der Waals surface area contributed by atoms with Crippen LogP contribution in [0, 0.1) is 6.92 Å². The Morgan fingerprint density at radius 1 is 1.21 bits per heavy atom. The van der Waals surface area contributed by atoms with Gasteiger partial charge in [-0.15, -0.1) is 11.8 Å². The fourth-order valence-electron chi connectivity index (χ4n) is 3.26. The molecule has 1 aromatic carbocycles. The summed E-state index contributed by atoms with van der Waals surface area (Å²) in [5.41, 5.74) is 0.669. The summed E-state index contributed by atoms with van der Waals surface area (Å²) in [6.07, 6.45) is 5.22. The zero-order valence-electron chi connectivity index (χ0n) is 16.1. The van der Waals surface area contributed by atoms with Crippen molar-refractivity contribution in [3.8, 4) is 0 Å². The summed E-state index contributed by atoms with van der Waals surface area (Å²) in [5.74, 6) is 2.39. The highest BCUT2D eigenvalue weighted by molar-refractivity contribution is 7.98. The van der Waals surface area contributed by atoms with E-state index >= 15 is 0 Å². The Bertz CT molecular complexity index is 956. The van der Waals surface area contributed by atoms with Gasteiger partial charge in [-0.2, -0.15) is 4.98 Å². The Morgan fingerprint density at radius 3 is 2.69 bits per heavy atom. The van der Waals surface area contributed by atoms with Gasteiger partial charge in [0.05, 0.1) is 11.3 Å². The predicted octanol–water partition coefficient (Wildman–Crippen LogP) is 2.86. The van der Waals surface area contributed by atoms with E-state index in [0.717, 1.165) is 36.8 Å². The van der Waals surface area contributed by atoms with Gasteiger partial charge in [-0.05, 0) is 38.0 Å². The van der Waals surface area contributed by atoms with Gasteiger partial charge in [0.25, 0.3) is 5.91 Å². The van der Waals surface area contributed by atoms with Crippen molar-refractivity contribution in [2.45, 2.75) is 36.5 Å². The summed E-state index contributed by atoms with van der Waals surface area (Å²) < 4.78 is 5.16. The van der Waals surface area contributed by atoms with Crippen LogP contribution in [0.3, 0.4) is 0 Å². The van der Waals surface area contributed by atoms with E-state index in [2.05, 4.69) is 30.3 Å². The molecule has 1 saturated heterocycles. The van der Waals surface area contributed by atoms with Gasteiger partial charge in [0.15, 0.2) is 5.82 Å². The number of piperidine rings is 1. The second-order valence-electron chi connectivity index (χ2n) is 6.80. The third-order valence-corrected chi connectivity index (χ3v) is 5.78. The van der Waals surface area contributed by atoms with E-state index in [1.807, 2.05) is 30.3 Å². The second-order valence-corrected chi connectivity index (χ2v) is 7.82. The molecule has 0 bridgehead atoms. The number of benzene rings is 1. The van der Waals surface area contributed by atoms with Gasteiger partial charge in [0.1, 0.15) is 0 Å². The number of aromatic nitrogens is 4. The highest BCUT2D eigenvalue weighted by atomic mass is 32.2. The Hall–Kier alpha value is -2.94. The fourth-order valence-corrected chi connectivity index (χ4v) is 4.15. The minimum Gasteiger partial charge on any atom is -0.349 e. The first-order valence-electron chi connectivity index (χ1n) is 9.53. The van der Waals surface area contributed by atoms with E-state index in [0.29, 0.717) is 23.0 Å². The number of thioether (sulfide) groups is 1. The van der Waals surface area contributed by atoms with Crippen LogP contribution in [0.25, 0.3) is 0 Å². The van der Waals surface area contributed by atoms with Crippen molar-refractivity contribution in [2.75, 3.05) is 18.0 Å². The molecule has 1 aliphatic rings. The molecule has 1 aliphatic heterocycles. The number of carbonyl (C=O) groups is 1. The van der Waals surface area contributed by atoms with Crippen molar-refractivity contribution in [1.82, 2.24) is 25.4 Å². The Balaban J connectivity index is 1.34. The molecule has 0 radical (unpaired) electrons. The summed E-state index contributed by atoms with van der Waals surface area (Å²) in [5, 5.41) is 6.98. The lowest BCUT2D eigenvalue weighted by molar-refractivity contribution is 0.0928. The van der Waals surface area contributed by atoms with Gasteiger partial charge in [-0.1, -0.05) is 17.3 Å². The predicted molar refractivity (Wildman–Crippen MR) is 110 cm³/mol. The van der Waals surface area contributed by atoms with Crippen LogP contribution in [-0.2, 0) is 5.75 Å². The highest BCUT2D eigenvalue weighted by Gasteiger charge is 2.23. The van der Waals surface area contributed by atoms with Crippen LogP contribution in [0.4, 0.5) is 5.95 Å². The molecule has 0 unspecified atom stereocenters. The lowest BCUT2D eigenvalue weighted by atomic mass is 10.0. The van der Waals surface area contributed by atoms with Gasteiger partial charge in [-0.25, -0.2) is 9.97 Å². The van der Waals surface area contributed by atoms with E-state index < -0.39 is 0 Å². The van der Waals surface area contributed by atoms with Crippen LogP contribution in [0.2, 0.25) is 0 Å². The number of amides is 1.